The molecule has 3 rings (SSSR count). The number of hydrogen-bond acceptors (Lipinski definition) is 5. The number of hydrogen-bond donors (Lipinski definition) is 1. The molecule has 0 saturated carbocycles. The molecule has 1 aromatic heterocycles. The molecule has 2 aliphatic heterocycles. The van der Waals surface area contributed by atoms with E-state index in [-0.39, 0.29) is 24.4 Å². The van der Waals surface area contributed by atoms with Crippen LogP contribution in [0.2, 0.25) is 0 Å². The first-order chi connectivity index (χ1) is 10.1. The summed E-state index contributed by atoms with van der Waals surface area (Å²) < 4.78 is 5.35. The van der Waals surface area contributed by atoms with Gasteiger partial charge in [-0.05, 0) is 24.3 Å². The van der Waals surface area contributed by atoms with E-state index in [1.807, 2.05) is 0 Å². The summed E-state index contributed by atoms with van der Waals surface area (Å²) in [5, 5.41) is 1.77. The summed E-state index contributed by atoms with van der Waals surface area (Å²) in [6.45, 7) is 0.624. The van der Waals surface area contributed by atoms with Crippen molar-refractivity contribution in [2.45, 2.75) is 25.0 Å². The van der Waals surface area contributed by atoms with Crippen molar-refractivity contribution < 1.29 is 19.1 Å². The second-order valence-corrected chi connectivity index (χ2v) is 6.11. The number of primary amides is 1. The van der Waals surface area contributed by atoms with Gasteiger partial charge in [0.2, 0.25) is 11.8 Å². The molecule has 2 N–H and O–H groups in total. The Morgan fingerprint density at radius 2 is 2.33 bits per heavy atom. The van der Waals surface area contributed by atoms with Gasteiger partial charge >= 0.3 is 0 Å². The number of nitrogens with two attached hydrogens (primary N) is 1. The van der Waals surface area contributed by atoms with Gasteiger partial charge in [-0.3, -0.25) is 14.4 Å². The Morgan fingerprint density at radius 1 is 1.52 bits per heavy atom. The maximum Gasteiger partial charge on any atom is 0.249 e. The van der Waals surface area contributed by atoms with Crippen LogP contribution in [0.3, 0.4) is 0 Å². The summed E-state index contributed by atoms with van der Waals surface area (Å²) >= 11 is 1.39. The summed E-state index contributed by atoms with van der Waals surface area (Å²) in [5.74, 6) is -0.717. The number of carbonyl (C=O) groups is 3. The molecule has 2 atom stereocenters. The molecule has 2 amide bonds. The van der Waals surface area contributed by atoms with Crippen LogP contribution in [0.5, 0.6) is 0 Å². The average molecular weight is 307 g/mol. The molecule has 0 bridgehead atoms. The van der Waals surface area contributed by atoms with Crippen molar-refractivity contribution in [3.63, 3.8) is 0 Å². The third kappa shape index (κ3) is 2.58. The van der Waals surface area contributed by atoms with Crippen LogP contribution in [-0.2, 0) is 20.7 Å². The van der Waals surface area contributed by atoms with E-state index in [4.69, 9.17) is 10.5 Å². The number of fused-ring (bicyclic) bond motifs is 1. The van der Waals surface area contributed by atoms with E-state index in [1.165, 1.54) is 17.8 Å². The fourth-order valence-corrected chi connectivity index (χ4v) is 3.70. The lowest BCUT2D eigenvalue weighted by molar-refractivity contribution is -0.133. The van der Waals surface area contributed by atoms with Gasteiger partial charge in [-0.25, -0.2) is 0 Å². The second-order valence-electron chi connectivity index (χ2n) is 5.11. The van der Waals surface area contributed by atoms with E-state index in [9.17, 15) is 14.4 Å². The van der Waals surface area contributed by atoms with E-state index < -0.39 is 11.9 Å². The molecule has 2 aliphatic rings. The first-order valence-corrected chi connectivity index (χ1v) is 7.60. The van der Waals surface area contributed by atoms with Crippen molar-refractivity contribution in [1.82, 2.24) is 4.90 Å². The predicted molar refractivity (Wildman–Crippen MR) is 75.7 cm³/mol. The third-order valence-electron chi connectivity index (χ3n) is 3.87. The first kappa shape index (κ1) is 14.2. The van der Waals surface area contributed by atoms with Crippen molar-refractivity contribution in [3.8, 4) is 0 Å². The van der Waals surface area contributed by atoms with Gasteiger partial charge in [-0.1, -0.05) is 0 Å². The normalized spacial score (nSPS) is 24.4. The molecule has 2 fully saturated rings. The lowest BCUT2D eigenvalue weighted by Crippen LogP contribution is -2.42. The number of ketones is 1. The highest BCUT2D eigenvalue weighted by atomic mass is 32.1. The maximum absolute atomic E-state index is 12.3. The van der Waals surface area contributed by atoms with Gasteiger partial charge in [-0.2, -0.15) is 0 Å². The Labute approximate surface area is 125 Å². The Balaban J connectivity index is 1.63. The molecule has 3 heterocycles. The summed E-state index contributed by atoms with van der Waals surface area (Å²) in [6, 6.07) is 1.22. The van der Waals surface area contributed by atoms with Gasteiger partial charge < -0.3 is 15.4 Å². The topological polar surface area (TPSA) is 89.7 Å². The smallest absolute Gasteiger partial charge is 0.249 e. The number of Topliss-reactive ketones (excluding diaryl/α,β-unsaturated/α-hetero) is 1. The highest BCUT2D eigenvalue weighted by Crippen LogP contribution is 2.28. The first-order valence-electron chi connectivity index (χ1n) is 6.72. The average Bonchev–Trinajstić information content (AvgIpc) is 3.13. The zero-order valence-corrected chi connectivity index (χ0v) is 12.1. The molecule has 0 spiro atoms. The Kier molecular flexibility index (Phi) is 3.77. The van der Waals surface area contributed by atoms with E-state index in [1.54, 1.807) is 16.3 Å². The van der Waals surface area contributed by atoms with Gasteiger partial charge in [0, 0.05) is 11.4 Å². The van der Waals surface area contributed by atoms with Crippen molar-refractivity contribution in [3.05, 3.63) is 28.3 Å². The largest absolute Gasteiger partial charge is 0.368 e. The summed E-state index contributed by atoms with van der Waals surface area (Å²) in [5.41, 5.74) is 5.72. The monoisotopic (exact) mass is 307 g/mol. The van der Waals surface area contributed by atoms with Crippen LogP contribution in [0.1, 0.15) is 21.7 Å². The molecule has 2 saturated heterocycles. The lowest BCUT2D eigenvalue weighted by atomic mass is 10.1. The number of likely N-dealkylation sites (tertiary alicyclic amines) is 1. The SMILES string of the molecule is NC(=O)c1ccsc1C[CH]C(=O)N1CCC2OCC(=O)C21. The molecule has 1 radical (unpaired) electrons. The number of nitrogens with zero attached hydrogens (tertiary/aromatic N) is 1. The molecule has 2 unspecified atom stereocenters. The molecular formula is C14H15N2O4S. The van der Waals surface area contributed by atoms with Crippen LogP contribution in [-0.4, -0.2) is 47.8 Å². The maximum atomic E-state index is 12.3. The molecule has 0 aliphatic carbocycles. The van der Waals surface area contributed by atoms with Gasteiger partial charge in [0.05, 0.1) is 18.1 Å². The molecule has 6 nitrogen and oxygen atoms in total. The number of amides is 2. The van der Waals surface area contributed by atoms with Gasteiger partial charge in [0.1, 0.15) is 12.6 Å². The molecule has 0 aromatic carbocycles. The van der Waals surface area contributed by atoms with Crippen LogP contribution in [0.25, 0.3) is 0 Å². The molecular weight excluding hydrogens is 292 g/mol. The Morgan fingerprint density at radius 3 is 3.10 bits per heavy atom. The van der Waals surface area contributed by atoms with Crippen LogP contribution in [0, 0.1) is 6.42 Å². The van der Waals surface area contributed by atoms with Crippen molar-refractivity contribution in [2.75, 3.05) is 13.2 Å². The Hall–Kier alpha value is -1.73. The van der Waals surface area contributed by atoms with Crippen LogP contribution in [0.4, 0.5) is 0 Å². The number of carbonyl (C=O) groups excluding carboxylic acids is 3. The lowest BCUT2D eigenvalue weighted by Gasteiger charge is -2.21. The Bertz CT molecular complexity index is 598. The summed E-state index contributed by atoms with van der Waals surface area (Å²) in [4.78, 5) is 37.6. The van der Waals surface area contributed by atoms with E-state index in [0.717, 1.165) is 4.88 Å². The van der Waals surface area contributed by atoms with Crippen LogP contribution < -0.4 is 5.73 Å². The second kappa shape index (κ2) is 5.57. The molecule has 1 aromatic rings. The van der Waals surface area contributed by atoms with Crippen LogP contribution >= 0.6 is 11.3 Å². The van der Waals surface area contributed by atoms with E-state index in [2.05, 4.69) is 0 Å². The van der Waals surface area contributed by atoms with E-state index in [0.29, 0.717) is 24.9 Å². The zero-order chi connectivity index (χ0) is 15.0. The standard InChI is InChI=1S/C14H15N2O4S/c15-14(19)8-4-6-21-11(8)1-2-12(18)16-5-3-10-13(16)9(17)7-20-10/h2,4,6,10,13H,1,3,5,7H2,(H2,15,19). The minimum atomic E-state index is -0.493. The fraction of sp³-hybridized carbons (Fsp3) is 0.429. The molecule has 111 valence electrons. The van der Waals surface area contributed by atoms with Crippen molar-refractivity contribution in [1.29, 1.82) is 0 Å². The van der Waals surface area contributed by atoms with Gasteiger partial charge in [-0.15, -0.1) is 11.3 Å². The van der Waals surface area contributed by atoms with E-state index >= 15 is 0 Å². The summed E-state index contributed by atoms with van der Waals surface area (Å²) in [7, 11) is 0. The van der Waals surface area contributed by atoms with Crippen LogP contribution in [0.15, 0.2) is 11.4 Å². The van der Waals surface area contributed by atoms with Crippen molar-refractivity contribution >= 4 is 28.9 Å². The number of rotatable bonds is 4. The minimum Gasteiger partial charge on any atom is -0.368 e. The molecule has 7 heteroatoms. The van der Waals surface area contributed by atoms with Gasteiger partial charge in [0.25, 0.3) is 0 Å². The minimum absolute atomic E-state index is 0.0341. The summed E-state index contributed by atoms with van der Waals surface area (Å²) in [6.07, 6.45) is 2.39. The van der Waals surface area contributed by atoms with Crippen molar-refractivity contribution in [2.24, 2.45) is 5.73 Å². The quantitative estimate of drug-likeness (QED) is 0.858. The fourth-order valence-electron chi connectivity index (χ4n) is 2.86. The highest BCUT2D eigenvalue weighted by Gasteiger charge is 2.46. The predicted octanol–water partition coefficient (Wildman–Crippen LogP) is 0.163. The highest BCUT2D eigenvalue weighted by molar-refractivity contribution is 7.10. The third-order valence-corrected chi connectivity index (χ3v) is 4.81. The zero-order valence-electron chi connectivity index (χ0n) is 11.3. The molecule has 21 heavy (non-hydrogen) atoms. The van der Waals surface area contributed by atoms with Gasteiger partial charge in [0.15, 0.2) is 5.78 Å². The number of ether oxygens (including phenoxy) is 1. The number of thiophene rings is 1.